The fourth-order valence-electron chi connectivity index (χ4n) is 3.59. The van der Waals surface area contributed by atoms with E-state index >= 15 is 0 Å². The Morgan fingerprint density at radius 3 is 2.87 bits per heavy atom. The van der Waals surface area contributed by atoms with E-state index < -0.39 is 5.82 Å². The number of hydrogen-bond donors (Lipinski definition) is 3. The molecule has 8 heteroatoms. The summed E-state index contributed by atoms with van der Waals surface area (Å²) in [6.07, 6.45) is 4.70. The molecule has 0 bridgehead atoms. The van der Waals surface area contributed by atoms with Crippen LogP contribution in [0.2, 0.25) is 0 Å². The second-order valence-corrected chi connectivity index (χ2v) is 8.51. The maximum atomic E-state index is 13.4. The first-order valence-corrected chi connectivity index (χ1v) is 11.2. The van der Waals surface area contributed by atoms with E-state index in [1.165, 1.54) is 31.0 Å². The van der Waals surface area contributed by atoms with Gasteiger partial charge in [-0.25, -0.2) is 9.37 Å². The molecule has 0 aliphatic carbocycles. The van der Waals surface area contributed by atoms with Crippen molar-refractivity contribution in [3.8, 4) is 5.75 Å². The van der Waals surface area contributed by atoms with E-state index in [9.17, 15) is 9.18 Å². The topological polar surface area (TPSA) is 89.3 Å². The van der Waals surface area contributed by atoms with Crippen LogP contribution in [0.4, 0.5) is 21.0 Å². The number of rotatable bonds is 9. The van der Waals surface area contributed by atoms with E-state index in [4.69, 9.17) is 10.5 Å². The number of nitrogen functional groups attached to an aromatic ring is 1. The molecule has 31 heavy (non-hydrogen) atoms. The smallest absolute Gasteiger partial charge is 0.206 e. The fraction of sp³-hybridized carbons (Fsp3) is 0.304. The van der Waals surface area contributed by atoms with Gasteiger partial charge in [0.05, 0.1) is 6.61 Å². The number of hydrogen-bond acceptors (Lipinski definition) is 7. The van der Waals surface area contributed by atoms with E-state index in [1.807, 2.05) is 24.3 Å². The Morgan fingerprint density at radius 1 is 1.29 bits per heavy atom. The maximum Gasteiger partial charge on any atom is 0.206 e. The molecule has 3 aromatic rings. The Bertz CT molecular complexity index is 1030. The molecule has 1 saturated heterocycles. The van der Waals surface area contributed by atoms with Crippen LogP contribution in [0.25, 0.3) is 0 Å². The second kappa shape index (κ2) is 9.89. The van der Waals surface area contributed by atoms with Crippen LogP contribution in [-0.4, -0.2) is 30.0 Å². The van der Waals surface area contributed by atoms with Gasteiger partial charge in [-0.15, -0.1) is 0 Å². The first kappa shape index (κ1) is 21.3. The van der Waals surface area contributed by atoms with Crippen LogP contribution in [0.15, 0.2) is 48.5 Å². The fourth-order valence-corrected chi connectivity index (χ4v) is 4.46. The first-order valence-electron chi connectivity index (χ1n) is 10.4. The minimum atomic E-state index is -0.468. The van der Waals surface area contributed by atoms with Crippen LogP contribution < -0.4 is 21.1 Å². The highest BCUT2D eigenvalue weighted by Gasteiger charge is 2.18. The molecule has 4 rings (SSSR count). The lowest BCUT2D eigenvalue weighted by atomic mass is 10.1. The monoisotopic (exact) mass is 440 g/mol. The molecule has 6 nitrogen and oxygen atoms in total. The van der Waals surface area contributed by atoms with Crippen LogP contribution in [0, 0.1) is 5.82 Å². The van der Waals surface area contributed by atoms with Crippen molar-refractivity contribution in [3.05, 3.63) is 64.8 Å². The molecule has 0 saturated carbocycles. The molecule has 1 fully saturated rings. The zero-order valence-corrected chi connectivity index (χ0v) is 17.9. The molecular weight excluding hydrogens is 415 g/mol. The molecule has 162 valence electrons. The quantitative estimate of drug-likeness (QED) is 0.329. The summed E-state index contributed by atoms with van der Waals surface area (Å²) >= 11 is 1.14. The number of anilines is 3. The Labute approximate surface area is 184 Å². The number of ether oxygens (including phenoxy) is 1. The van der Waals surface area contributed by atoms with Gasteiger partial charge in [0, 0.05) is 17.3 Å². The summed E-state index contributed by atoms with van der Waals surface area (Å²) in [5.41, 5.74) is 6.98. The van der Waals surface area contributed by atoms with Crippen LogP contribution in [-0.2, 0) is 0 Å². The predicted octanol–water partition coefficient (Wildman–Crippen LogP) is 4.75. The van der Waals surface area contributed by atoms with Crippen LogP contribution in [0.3, 0.4) is 0 Å². The lowest BCUT2D eigenvalue weighted by Gasteiger charge is -2.11. The van der Waals surface area contributed by atoms with E-state index in [0.717, 1.165) is 42.2 Å². The van der Waals surface area contributed by atoms with Crippen molar-refractivity contribution in [2.75, 3.05) is 24.2 Å². The molecule has 0 amide bonds. The summed E-state index contributed by atoms with van der Waals surface area (Å²) in [4.78, 5) is 17.1. The molecular formula is C23H25FN4O2S. The summed E-state index contributed by atoms with van der Waals surface area (Å²) in [6, 6.07) is 13.7. The largest absolute Gasteiger partial charge is 0.494 e. The highest BCUT2D eigenvalue weighted by atomic mass is 32.1. The minimum absolute atomic E-state index is 0.124. The van der Waals surface area contributed by atoms with Gasteiger partial charge in [-0.2, -0.15) is 0 Å². The van der Waals surface area contributed by atoms with E-state index in [1.54, 1.807) is 6.07 Å². The lowest BCUT2D eigenvalue weighted by Crippen LogP contribution is -2.21. The minimum Gasteiger partial charge on any atom is -0.494 e. The van der Waals surface area contributed by atoms with Crippen LogP contribution in [0.1, 0.15) is 40.9 Å². The van der Waals surface area contributed by atoms with E-state index in [0.29, 0.717) is 17.8 Å². The van der Waals surface area contributed by atoms with Crippen molar-refractivity contribution in [2.45, 2.75) is 31.7 Å². The summed E-state index contributed by atoms with van der Waals surface area (Å²) in [6.45, 7) is 1.82. The van der Waals surface area contributed by atoms with Crippen molar-refractivity contribution in [1.29, 1.82) is 0 Å². The molecule has 2 aromatic carbocycles. The number of aromatic nitrogens is 1. The molecule has 0 radical (unpaired) electrons. The van der Waals surface area contributed by atoms with Gasteiger partial charge in [0.2, 0.25) is 5.78 Å². The molecule has 1 unspecified atom stereocenters. The maximum absolute atomic E-state index is 13.4. The summed E-state index contributed by atoms with van der Waals surface area (Å²) in [5.74, 6) is 0.118. The summed E-state index contributed by atoms with van der Waals surface area (Å²) < 4.78 is 19.2. The number of nitrogens with one attached hydrogen (secondary N) is 2. The van der Waals surface area contributed by atoms with E-state index in [-0.39, 0.29) is 22.0 Å². The highest BCUT2D eigenvalue weighted by molar-refractivity contribution is 7.18. The number of thiazole rings is 1. The number of carbonyl (C=O) groups is 1. The predicted molar refractivity (Wildman–Crippen MR) is 122 cm³/mol. The summed E-state index contributed by atoms with van der Waals surface area (Å²) in [7, 11) is 0. The van der Waals surface area contributed by atoms with Gasteiger partial charge in [0.1, 0.15) is 22.3 Å². The number of benzene rings is 2. The molecule has 1 aliphatic heterocycles. The third-order valence-electron chi connectivity index (χ3n) is 5.18. The number of nitrogens with two attached hydrogens (primary N) is 1. The van der Waals surface area contributed by atoms with Gasteiger partial charge in [-0.05, 0) is 68.6 Å². The third-order valence-corrected chi connectivity index (χ3v) is 6.17. The molecule has 1 aliphatic rings. The van der Waals surface area contributed by atoms with Gasteiger partial charge in [0.15, 0.2) is 5.13 Å². The Hall–Kier alpha value is -2.97. The standard InChI is InChI=1S/C23H25FN4O2S/c24-16-5-1-4-15(14-16)20(29)21-22(25)28-23(31-21)27-18-8-10-19(11-9-18)30-13-3-7-17-6-2-12-26-17/h1,4-5,8-11,14,17,26H,2-3,6-7,12-13,25H2,(H,27,28). The van der Waals surface area contributed by atoms with Crippen LogP contribution in [0.5, 0.6) is 5.75 Å². The van der Waals surface area contributed by atoms with E-state index in [2.05, 4.69) is 15.6 Å². The highest BCUT2D eigenvalue weighted by Crippen LogP contribution is 2.30. The molecule has 1 atom stereocenters. The zero-order chi connectivity index (χ0) is 21.6. The van der Waals surface area contributed by atoms with Gasteiger partial charge < -0.3 is 21.1 Å². The SMILES string of the molecule is Nc1nc(Nc2ccc(OCCCC3CCCN3)cc2)sc1C(=O)c1cccc(F)c1. The number of nitrogens with zero attached hydrogens (tertiary/aromatic N) is 1. The van der Waals surface area contributed by atoms with Crippen molar-refractivity contribution in [3.63, 3.8) is 0 Å². The molecule has 4 N–H and O–H groups in total. The average Bonchev–Trinajstić information content (AvgIpc) is 3.41. The zero-order valence-electron chi connectivity index (χ0n) is 17.1. The van der Waals surface area contributed by atoms with Crippen molar-refractivity contribution in [2.24, 2.45) is 0 Å². The van der Waals surface area contributed by atoms with Crippen molar-refractivity contribution in [1.82, 2.24) is 10.3 Å². The van der Waals surface area contributed by atoms with Crippen molar-refractivity contribution >= 4 is 33.8 Å². The second-order valence-electron chi connectivity index (χ2n) is 7.51. The summed E-state index contributed by atoms with van der Waals surface area (Å²) in [5, 5.41) is 7.14. The van der Waals surface area contributed by atoms with Crippen molar-refractivity contribution < 1.29 is 13.9 Å². The number of ketones is 1. The average molecular weight is 441 g/mol. The van der Waals surface area contributed by atoms with Crippen LogP contribution >= 0.6 is 11.3 Å². The van der Waals surface area contributed by atoms with Gasteiger partial charge in [0.25, 0.3) is 0 Å². The van der Waals surface area contributed by atoms with Gasteiger partial charge >= 0.3 is 0 Å². The number of carbonyl (C=O) groups excluding carboxylic acids is 1. The Kier molecular flexibility index (Phi) is 6.79. The Morgan fingerprint density at radius 2 is 2.13 bits per heavy atom. The van der Waals surface area contributed by atoms with Gasteiger partial charge in [-0.1, -0.05) is 23.5 Å². The van der Waals surface area contributed by atoms with Gasteiger partial charge in [-0.3, -0.25) is 4.79 Å². The Balaban J connectivity index is 1.32. The normalized spacial score (nSPS) is 15.7. The third kappa shape index (κ3) is 5.59. The molecule has 0 spiro atoms. The number of halogens is 1. The molecule has 2 heterocycles. The lowest BCUT2D eigenvalue weighted by molar-refractivity contribution is 0.104. The molecule has 1 aromatic heterocycles. The first-order chi connectivity index (χ1) is 15.1.